The summed E-state index contributed by atoms with van der Waals surface area (Å²) < 4.78 is 0. The van der Waals surface area contributed by atoms with Gasteiger partial charge in [-0.15, -0.1) is 0 Å². The Morgan fingerprint density at radius 1 is 1.47 bits per heavy atom. The molecule has 1 unspecified atom stereocenters. The van der Waals surface area contributed by atoms with E-state index in [1.54, 1.807) is 4.90 Å². The normalized spacial score (nSPS) is 20.1. The predicted octanol–water partition coefficient (Wildman–Crippen LogP) is 0.360. The number of hydrogen-bond acceptors (Lipinski definition) is 3. The number of aliphatic carboxylic acids is 1. The number of amides is 2. The summed E-state index contributed by atoms with van der Waals surface area (Å²) in [5.41, 5.74) is 0. The van der Waals surface area contributed by atoms with Gasteiger partial charge in [-0.3, -0.25) is 4.79 Å². The van der Waals surface area contributed by atoms with Crippen LogP contribution >= 0.6 is 0 Å². The summed E-state index contributed by atoms with van der Waals surface area (Å²) in [6.07, 6.45) is 1.02. The van der Waals surface area contributed by atoms with Gasteiger partial charge >= 0.3 is 12.0 Å². The average Bonchev–Trinajstić information content (AvgIpc) is 2.29. The molecule has 0 aliphatic carbocycles. The first-order valence-corrected chi connectivity index (χ1v) is 5.98. The van der Waals surface area contributed by atoms with E-state index in [4.69, 9.17) is 5.11 Å². The maximum Gasteiger partial charge on any atom is 0.320 e. The Morgan fingerprint density at radius 3 is 2.71 bits per heavy atom. The Labute approximate surface area is 101 Å². The fourth-order valence-electron chi connectivity index (χ4n) is 1.95. The Bertz CT molecular complexity index is 283. The third-order valence-electron chi connectivity index (χ3n) is 2.91. The first-order chi connectivity index (χ1) is 8.04. The average molecular weight is 244 g/mol. The van der Waals surface area contributed by atoms with E-state index in [1.807, 2.05) is 6.92 Å². The van der Waals surface area contributed by atoms with Gasteiger partial charge in [0.25, 0.3) is 0 Å². The zero-order valence-electron chi connectivity index (χ0n) is 10.1. The van der Waals surface area contributed by atoms with E-state index >= 15 is 0 Å². The molecule has 0 spiro atoms. The molecule has 1 fully saturated rings. The van der Waals surface area contributed by atoms with Gasteiger partial charge in [-0.05, 0) is 19.8 Å². The van der Waals surface area contributed by atoms with Crippen molar-refractivity contribution in [2.75, 3.05) is 26.2 Å². The van der Waals surface area contributed by atoms with Crippen molar-refractivity contribution in [1.82, 2.24) is 9.80 Å². The molecule has 1 atom stereocenters. The molecule has 1 aliphatic heterocycles. The summed E-state index contributed by atoms with van der Waals surface area (Å²) >= 11 is 0. The zero-order chi connectivity index (χ0) is 12.8. The van der Waals surface area contributed by atoms with Crippen molar-refractivity contribution in [2.45, 2.75) is 32.3 Å². The number of aliphatic hydroxyl groups excluding tert-OH is 1. The van der Waals surface area contributed by atoms with Crippen molar-refractivity contribution in [3.05, 3.63) is 0 Å². The molecule has 0 radical (unpaired) electrons. The molecule has 98 valence electrons. The molecule has 17 heavy (non-hydrogen) atoms. The van der Waals surface area contributed by atoms with Crippen molar-refractivity contribution in [3.63, 3.8) is 0 Å². The molecule has 2 N–H and O–H groups in total. The lowest BCUT2D eigenvalue weighted by Gasteiger charge is -2.34. The maximum absolute atomic E-state index is 12.0. The van der Waals surface area contributed by atoms with Gasteiger partial charge in [-0.2, -0.15) is 0 Å². The highest BCUT2D eigenvalue weighted by Gasteiger charge is 2.25. The third-order valence-corrected chi connectivity index (χ3v) is 2.91. The molecule has 1 rings (SSSR count). The Morgan fingerprint density at radius 2 is 2.18 bits per heavy atom. The van der Waals surface area contributed by atoms with E-state index in [1.165, 1.54) is 4.90 Å². The number of rotatable bonds is 4. The van der Waals surface area contributed by atoms with E-state index in [2.05, 4.69) is 0 Å². The van der Waals surface area contributed by atoms with Crippen LogP contribution in [0.25, 0.3) is 0 Å². The lowest BCUT2D eigenvalue weighted by Crippen LogP contribution is -2.49. The Balaban J connectivity index is 2.49. The standard InChI is InChI=1S/C11H20N2O4/c1-2-12(7-5-10(15)16)11(17)13-6-3-4-9(14)8-13/h9,14H,2-8H2,1H3,(H,15,16). The number of nitrogens with zero attached hydrogens (tertiary/aromatic N) is 2. The number of aliphatic hydroxyl groups is 1. The molecule has 0 bridgehead atoms. The summed E-state index contributed by atoms with van der Waals surface area (Å²) in [4.78, 5) is 25.6. The SMILES string of the molecule is CCN(CCC(=O)O)C(=O)N1CCCC(O)C1. The number of piperidine rings is 1. The number of β-amino-alcohol motifs (C(OH)–C–C–N with tert-alkyl or cyclic N) is 1. The highest BCUT2D eigenvalue weighted by atomic mass is 16.4. The van der Waals surface area contributed by atoms with Crippen molar-refractivity contribution >= 4 is 12.0 Å². The maximum atomic E-state index is 12.0. The van der Waals surface area contributed by atoms with Crippen LogP contribution in [-0.4, -0.2) is 64.3 Å². The highest BCUT2D eigenvalue weighted by Crippen LogP contribution is 2.12. The van der Waals surface area contributed by atoms with Gasteiger partial charge in [-0.1, -0.05) is 0 Å². The van der Waals surface area contributed by atoms with Crippen LogP contribution in [-0.2, 0) is 4.79 Å². The van der Waals surface area contributed by atoms with Crippen LogP contribution in [0, 0.1) is 0 Å². The summed E-state index contributed by atoms with van der Waals surface area (Å²) in [5.74, 6) is -0.907. The molecule has 1 aliphatic rings. The smallest absolute Gasteiger partial charge is 0.320 e. The van der Waals surface area contributed by atoms with Crippen molar-refractivity contribution in [3.8, 4) is 0 Å². The van der Waals surface area contributed by atoms with Gasteiger partial charge in [0.05, 0.1) is 12.5 Å². The number of carboxylic acid groups (broad SMARTS) is 1. The van der Waals surface area contributed by atoms with Crippen molar-refractivity contribution in [2.24, 2.45) is 0 Å². The molecular weight excluding hydrogens is 224 g/mol. The molecule has 6 nitrogen and oxygen atoms in total. The molecular formula is C11H20N2O4. The second-order valence-electron chi connectivity index (χ2n) is 4.25. The van der Waals surface area contributed by atoms with Gasteiger partial charge in [0.15, 0.2) is 0 Å². The zero-order valence-corrected chi connectivity index (χ0v) is 10.1. The Kier molecular flexibility index (Phi) is 5.21. The summed E-state index contributed by atoms with van der Waals surface area (Å²) in [6.45, 7) is 3.51. The molecule has 1 saturated heterocycles. The van der Waals surface area contributed by atoms with Crippen LogP contribution in [0.1, 0.15) is 26.2 Å². The minimum atomic E-state index is -0.907. The van der Waals surface area contributed by atoms with E-state index in [0.29, 0.717) is 19.6 Å². The van der Waals surface area contributed by atoms with Crippen LogP contribution in [0.2, 0.25) is 0 Å². The summed E-state index contributed by atoms with van der Waals surface area (Å²) in [6, 6.07) is -0.174. The van der Waals surface area contributed by atoms with E-state index < -0.39 is 12.1 Å². The molecule has 0 aromatic carbocycles. The second kappa shape index (κ2) is 6.44. The number of urea groups is 1. The lowest BCUT2D eigenvalue weighted by molar-refractivity contribution is -0.137. The molecule has 0 saturated carbocycles. The molecule has 6 heteroatoms. The molecule has 1 heterocycles. The molecule has 0 aromatic heterocycles. The van der Waals surface area contributed by atoms with Crippen LogP contribution in [0.5, 0.6) is 0 Å². The Hall–Kier alpha value is -1.30. The monoisotopic (exact) mass is 244 g/mol. The summed E-state index contributed by atoms with van der Waals surface area (Å²) in [7, 11) is 0. The van der Waals surface area contributed by atoms with E-state index in [0.717, 1.165) is 12.8 Å². The fraction of sp³-hybridized carbons (Fsp3) is 0.818. The number of carbonyl (C=O) groups excluding carboxylic acids is 1. The largest absolute Gasteiger partial charge is 0.481 e. The third kappa shape index (κ3) is 4.22. The molecule has 2 amide bonds. The summed E-state index contributed by atoms with van der Waals surface area (Å²) in [5, 5.41) is 18.1. The second-order valence-corrected chi connectivity index (χ2v) is 4.25. The minimum Gasteiger partial charge on any atom is -0.481 e. The lowest BCUT2D eigenvalue weighted by atomic mass is 10.1. The fourth-order valence-corrected chi connectivity index (χ4v) is 1.95. The first-order valence-electron chi connectivity index (χ1n) is 5.98. The molecule has 0 aromatic rings. The quantitative estimate of drug-likeness (QED) is 0.748. The topological polar surface area (TPSA) is 81.1 Å². The van der Waals surface area contributed by atoms with Crippen LogP contribution < -0.4 is 0 Å². The van der Waals surface area contributed by atoms with Gasteiger partial charge in [0, 0.05) is 26.2 Å². The van der Waals surface area contributed by atoms with Crippen molar-refractivity contribution in [1.29, 1.82) is 0 Å². The van der Waals surface area contributed by atoms with Gasteiger partial charge < -0.3 is 20.0 Å². The highest BCUT2D eigenvalue weighted by molar-refractivity contribution is 5.75. The van der Waals surface area contributed by atoms with Gasteiger partial charge in [0.2, 0.25) is 0 Å². The predicted molar refractivity (Wildman–Crippen MR) is 61.7 cm³/mol. The van der Waals surface area contributed by atoms with Gasteiger partial charge in [-0.25, -0.2) is 4.79 Å². The van der Waals surface area contributed by atoms with E-state index in [-0.39, 0.29) is 19.0 Å². The van der Waals surface area contributed by atoms with Crippen molar-refractivity contribution < 1.29 is 19.8 Å². The number of likely N-dealkylation sites (tertiary alicyclic amines) is 1. The number of carboxylic acids is 1. The number of hydrogen-bond donors (Lipinski definition) is 2. The van der Waals surface area contributed by atoms with E-state index in [9.17, 15) is 14.7 Å². The minimum absolute atomic E-state index is 0.0457. The first kappa shape index (κ1) is 13.8. The number of carbonyl (C=O) groups is 2. The van der Waals surface area contributed by atoms with Crippen LogP contribution in [0.4, 0.5) is 4.79 Å². The van der Waals surface area contributed by atoms with Gasteiger partial charge in [0.1, 0.15) is 0 Å². The van der Waals surface area contributed by atoms with Crippen LogP contribution in [0.3, 0.4) is 0 Å². The van der Waals surface area contributed by atoms with Crippen LogP contribution in [0.15, 0.2) is 0 Å².